The third-order valence-electron chi connectivity index (χ3n) is 4.23. The average Bonchev–Trinajstić information content (AvgIpc) is 3.24. The monoisotopic (exact) mass is 412 g/mol. The van der Waals surface area contributed by atoms with E-state index in [1.54, 1.807) is 26.3 Å². The molecule has 2 aromatic carbocycles. The van der Waals surface area contributed by atoms with Gasteiger partial charge in [0.25, 0.3) is 0 Å². The first kappa shape index (κ1) is 21.1. The van der Waals surface area contributed by atoms with E-state index >= 15 is 0 Å². The molecule has 0 aliphatic carbocycles. The molecule has 0 aliphatic rings. The maximum atomic E-state index is 13.0. The minimum atomic E-state index is -0.291. The van der Waals surface area contributed by atoms with Crippen molar-refractivity contribution in [2.75, 3.05) is 20.7 Å². The number of benzene rings is 2. The van der Waals surface area contributed by atoms with Crippen LogP contribution >= 0.6 is 0 Å². The Kier molecular flexibility index (Phi) is 7.20. The molecule has 1 atom stereocenters. The Morgan fingerprint density at radius 1 is 1.10 bits per heavy atom. The molecule has 1 heterocycles. The van der Waals surface area contributed by atoms with Gasteiger partial charge in [-0.05, 0) is 55.5 Å². The molecule has 3 aromatic rings. The van der Waals surface area contributed by atoms with Crippen molar-refractivity contribution < 1.29 is 13.9 Å². The number of guanidine groups is 1. The van der Waals surface area contributed by atoms with Crippen LogP contribution in [0.1, 0.15) is 12.7 Å². The van der Waals surface area contributed by atoms with Crippen LogP contribution in [0.25, 0.3) is 11.4 Å². The van der Waals surface area contributed by atoms with Crippen LogP contribution in [-0.2, 0) is 6.54 Å². The number of halogens is 1. The van der Waals surface area contributed by atoms with Crippen molar-refractivity contribution in [1.82, 2.24) is 25.8 Å². The van der Waals surface area contributed by atoms with Gasteiger partial charge in [-0.15, -0.1) is 0 Å². The van der Waals surface area contributed by atoms with Crippen LogP contribution in [0.3, 0.4) is 0 Å². The van der Waals surface area contributed by atoms with E-state index in [4.69, 9.17) is 9.47 Å². The topological polar surface area (TPSA) is 96.5 Å². The largest absolute Gasteiger partial charge is 0.497 e. The lowest BCUT2D eigenvalue weighted by Crippen LogP contribution is -2.41. The number of aliphatic imine (C=N–C) groups is 1. The molecular formula is C21H25FN6O2. The summed E-state index contributed by atoms with van der Waals surface area (Å²) in [5.74, 6) is 3.00. The van der Waals surface area contributed by atoms with E-state index in [2.05, 4.69) is 30.8 Å². The van der Waals surface area contributed by atoms with E-state index in [0.717, 1.165) is 11.3 Å². The van der Waals surface area contributed by atoms with Gasteiger partial charge >= 0.3 is 0 Å². The predicted octanol–water partition coefficient (Wildman–Crippen LogP) is 2.75. The molecule has 0 saturated carbocycles. The lowest BCUT2D eigenvalue weighted by Gasteiger charge is -2.17. The number of hydrogen-bond acceptors (Lipinski definition) is 5. The summed E-state index contributed by atoms with van der Waals surface area (Å²) in [6.45, 7) is 2.86. The summed E-state index contributed by atoms with van der Waals surface area (Å²) in [5.41, 5.74) is 0.896. The predicted molar refractivity (Wildman–Crippen MR) is 113 cm³/mol. The van der Waals surface area contributed by atoms with Gasteiger partial charge in [-0.2, -0.15) is 5.10 Å². The van der Waals surface area contributed by atoms with Crippen LogP contribution in [0.4, 0.5) is 4.39 Å². The fourth-order valence-corrected chi connectivity index (χ4v) is 2.66. The number of nitrogens with zero attached hydrogens (tertiary/aromatic N) is 3. The molecule has 0 saturated heterocycles. The van der Waals surface area contributed by atoms with Crippen molar-refractivity contribution >= 4 is 5.96 Å². The number of nitrogens with one attached hydrogen (secondary N) is 3. The summed E-state index contributed by atoms with van der Waals surface area (Å²) in [4.78, 5) is 8.68. The molecule has 8 nitrogen and oxygen atoms in total. The molecule has 3 N–H and O–H groups in total. The number of rotatable bonds is 8. The van der Waals surface area contributed by atoms with Gasteiger partial charge in [-0.25, -0.2) is 9.37 Å². The van der Waals surface area contributed by atoms with Gasteiger partial charge < -0.3 is 20.1 Å². The molecule has 9 heteroatoms. The van der Waals surface area contributed by atoms with E-state index in [1.807, 2.05) is 31.2 Å². The Bertz CT molecular complexity index is 956. The number of methoxy groups -OCH3 is 1. The van der Waals surface area contributed by atoms with E-state index in [0.29, 0.717) is 36.4 Å². The Morgan fingerprint density at radius 3 is 2.47 bits per heavy atom. The fraction of sp³-hybridized carbons (Fsp3) is 0.286. The minimum Gasteiger partial charge on any atom is -0.497 e. The van der Waals surface area contributed by atoms with Crippen molar-refractivity contribution in [3.63, 3.8) is 0 Å². The Labute approximate surface area is 174 Å². The highest BCUT2D eigenvalue weighted by Gasteiger charge is 2.09. The molecular weight excluding hydrogens is 387 g/mol. The van der Waals surface area contributed by atoms with Gasteiger partial charge in [0.05, 0.1) is 20.2 Å². The standard InChI is InChI=1S/C21H25FN6O2/c1-14(30-18-10-6-16(22)7-11-18)12-24-21(23-2)25-13-19-26-20(28-27-19)15-4-8-17(29-3)9-5-15/h4-11,14H,12-13H2,1-3H3,(H2,23,24,25)(H,26,27,28). The van der Waals surface area contributed by atoms with Crippen LogP contribution in [0.2, 0.25) is 0 Å². The summed E-state index contributed by atoms with van der Waals surface area (Å²) in [7, 11) is 3.31. The lowest BCUT2D eigenvalue weighted by molar-refractivity contribution is 0.223. The van der Waals surface area contributed by atoms with Crippen molar-refractivity contribution in [2.45, 2.75) is 19.6 Å². The summed E-state index contributed by atoms with van der Waals surface area (Å²) in [5, 5.41) is 13.5. The first-order valence-corrected chi connectivity index (χ1v) is 9.50. The maximum absolute atomic E-state index is 13.0. The third-order valence-corrected chi connectivity index (χ3v) is 4.23. The van der Waals surface area contributed by atoms with E-state index in [9.17, 15) is 4.39 Å². The van der Waals surface area contributed by atoms with Crippen LogP contribution in [0.5, 0.6) is 11.5 Å². The van der Waals surface area contributed by atoms with Crippen molar-refractivity contribution in [1.29, 1.82) is 0 Å². The molecule has 0 bridgehead atoms. The summed E-state index contributed by atoms with van der Waals surface area (Å²) in [6.07, 6.45) is -0.138. The van der Waals surface area contributed by atoms with Crippen molar-refractivity contribution in [3.05, 3.63) is 60.2 Å². The first-order valence-electron chi connectivity index (χ1n) is 9.50. The van der Waals surface area contributed by atoms with Crippen molar-refractivity contribution in [3.8, 4) is 22.9 Å². The van der Waals surface area contributed by atoms with Crippen LogP contribution in [-0.4, -0.2) is 47.9 Å². The van der Waals surface area contributed by atoms with E-state index in [1.165, 1.54) is 12.1 Å². The van der Waals surface area contributed by atoms with Crippen molar-refractivity contribution in [2.24, 2.45) is 4.99 Å². The number of aromatic nitrogens is 3. The van der Waals surface area contributed by atoms with Crippen LogP contribution < -0.4 is 20.1 Å². The van der Waals surface area contributed by atoms with Gasteiger partial charge in [-0.3, -0.25) is 10.1 Å². The number of aromatic amines is 1. The maximum Gasteiger partial charge on any atom is 0.191 e. The minimum absolute atomic E-state index is 0.138. The number of hydrogen-bond donors (Lipinski definition) is 3. The first-order chi connectivity index (χ1) is 14.6. The second-order valence-corrected chi connectivity index (χ2v) is 6.52. The van der Waals surface area contributed by atoms with Gasteiger partial charge in [0.1, 0.15) is 29.2 Å². The SMILES string of the molecule is CN=C(NCc1nc(-c2ccc(OC)cc2)n[nH]1)NCC(C)Oc1ccc(F)cc1. The highest BCUT2D eigenvalue weighted by molar-refractivity contribution is 5.79. The molecule has 158 valence electrons. The highest BCUT2D eigenvalue weighted by Crippen LogP contribution is 2.18. The molecule has 0 amide bonds. The summed E-state index contributed by atoms with van der Waals surface area (Å²) in [6, 6.07) is 13.5. The lowest BCUT2D eigenvalue weighted by atomic mass is 10.2. The third kappa shape index (κ3) is 5.94. The van der Waals surface area contributed by atoms with E-state index < -0.39 is 0 Å². The Balaban J connectivity index is 1.47. The normalized spacial score (nSPS) is 12.3. The molecule has 0 spiro atoms. The number of ether oxygens (including phenoxy) is 2. The van der Waals surface area contributed by atoms with Gasteiger partial charge in [0.15, 0.2) is 11.8 Å². The summed E-state index contributed by atoms with van der Waals surface area (Å²) >= 11 is 0. The second-order valence-electron chi connectivity index (χ2n) is 6.52. The molecule has 0 aliphatic heterocycles. The molecule has 0 fully saturated rings. The highest BCUT2D eigenvalue weighted by atomic mass is 19.1. The molecule has 3 rings (SSSR count). The zero-order valence-electron chi connectivity index (χ0n) is 17.1. The zero-order chi connectivity index (χ0) is 21.3. The van der Waals surface area contributed by atoms with Gasteiger partial charge in [-0.1, -0.05) is 0 Å². The Hall–Kier alpha value is -3.62. The number of H-pyrrole nitrogens is 1. The van der Waals surface area contributed by atoms with Gasteiger partial charge in [0.2, 0.25) is 0 Å². The molecule has 1 unspecified atom stereocenters. The van der Waals surface area contributed by atoms with E-state index in [-0.39, 0.29) is 11.9 Å². The average molecular weight is 412 g/mol. The Morgan fingerprint density at radius 2 is 1.80 bits per heavy atom. The smallest absolute Gasteiger partial charge is 0.191 e. The fourth-order valence-electron chi connectivity index (χ4n) is 2.66. The van der Waals surface area contributed by atoms with Crippen LogP contribution in [0.15, 0.2) is 53.5 Å². The zero-order valence-corrected chi connectivity index (χ0v) is 17.1. The summed E-state index contributed by atoms with van der Waals surface area (Å²) < 4.78 is 23.9. The van der Waals surface area contributed by atoms with Gasteiger partial charge in [0, 0.05) is 12.6 Å². The molecule has 1 aromatic heterocycles. The quantitative estimate of drug-likeness (QED) is 0.389. The second kappa shape index (κ2) is 10.2. The molecule has 30 heavy (non-hydrogen) atoms. The molecule has 0 radical (unpaired) electrons. The van der Waals surface area contributed by atoms with Crippen LogP contribution in [0, 0.1) is 5.82 Å².